The number of hydrogen-bond donors (Lipinski definition) is 0. The predicted octanol–water partition coefficient (Wildman–Crippen LogP) is 2.52. The Hall–Kier alpha value is -1.48. The predicted molar refractivity (Wildman–Crippen MR) is 70.2 cm³/mol. The van der Waals surface area contributed by atoms with Gasteiger partial charge in [0.05, 0.1) is 0 Å². The van der Waals surface area contributed by atoms with E-state index in [0.717, 1.165) is 24.2 Å². The minimum atomic E-state index is 0.0843. The second-order valence-corrected chi connectivity index (χ2v) is 4.74. The summed E-state index contributed by atoms with van der Waals surface area (Å²) in [5, 5.41) is 0.685. The van der Waals surface area contributed by atoms with Gasteiger partial charge in [-0.3, -0.25) is 4.79 Å². The van der Waals surface area contributed by atoms with Crippen LogP contribution in [-0.2, 0) is 4.79 Å². The maximum Gasteiger partial charge on any atom is 0.255 e. The fourth-order valence-electron chi connectivity index (χ4n) is 1.91. The number of anilines is 1. The molecule has 1 aliphatic rings. The summed E-state index contributed by atoms with van der Waals surface area (Å²) in [5.74, 6) is 0.0843. The van der Waals surface area contributed by atoms with Crippen LogP contribution in [0.2, 0.25) is 5.02 Å². The van der Waals surface area contributed by atoms with Crippen LogP contribution in [0.1, 0.15) is 6.42 Å². The third-order valence-electron chi connectivity index (χ3n) is 2.68. The molecule has 1 aromatic rings. The van der Waals surface area contributed by atoms with Crippen LogP contribution in [0.3, 0.4) is 0 Å². The topological polar surface area (TPSA) is 23.6 Å². The molecule has 0 bridgehead atoms. The summed E-state index contributed by atoms with van der Waals surface area (Å²) in [5.41, 5.74) is 1.76. The summed E-state index contributed by atoms with van der Waals surface area (Å²) in [7, 11) is 3.84. The average Bonchev–Trinajstić information content (AvgIpc) is 2.61. The van der Waals surface area contributed by atoms with Crippen molar-refractivity contribution in [1.82, 2.24) is 4.90 Å². The van der Waals surface area contributed by atoms with Crippen molar-refractivity contribution in [2.24, 2.45) is 0 Å². The highest BCUT2D eigenvalue weighted by molar-refractivity contribution is 6.30. The first-order chi connectivity index (χ1) is 8.08. The lowest BCUT2D eigenvalue weighted by Crippen LogP contribution is -2.24. The molecule has 0 aromatic heterocycles. The zero-order chi connectivity index (χ0) is 12.4. The van der Waals surface area contributed by atoms with E-state index in [9.17, 15) is 4.79 Å². The van der Waals surface area contributed by atoms with Crippen LogP contribution in [-0.4, -0.2) is 31.4 Å². The van der Waals surface area contributed by atoms with Crippen molar-refractivity contribution in [2.75, 3.05) is 25.5 Å². The van der Waals surface area contributed by atoms with E-state index in [1.165, 1.54) is 0 Å². The quantitative estimate of drug-likeness (QED) is 0.753. The Bertz CT molecular complexity index is 451. The molecule has 0 N–H and O–H groups in total. The van der Waals surface area contributed by atoms with Crippen LogP contribution < -0.4 is 4.90 Å². The summed E-state index contributed by atoms with van der Waals surface area (Å²) in [6, 6.07) is 7.35. The molecule has 0 radical (unpaired) electrons. The highest BCUT2D eigenvalue weighted by atomic mass is 35.5. The van der Waals surface area contributed by atoms with E-state index < -0.39 is 0 Å². The zero-order valence-electron chi connectivity index (χ0n) is 9.98. The maximum atomic E-state index is 12.1. The van der Waals surface area contributed by atoms with Crippen molar-refractivity contribution < 1.29 is 4.79 Å². The normalized spacial score (nSPS) is 17.9. The molecule has 0 aliphatic carbocycles. The molecule has 1 heterocycles. The monoisotopic (exact) mass is 250 g/mol. The molecular weight excluding hydrogens is 236 g/mol. The van der Waals surface area contributed by atoms with Gasteiger partial charge in [-0.2, -0.15) is 0 Å². The van der Waals surface area contributed by atoms with Crippen molar-refractivity contribution in [3.63, 3.8) is 0 Å². The fourth-order valence-corrected chi connectivity index (χ4v) is 2.04. The number of carbonyl (C=O) groups excluding carboxylic acids is 1. The minimum Gasteiger partial charge on any atom is -0.383 e. The molecule has 3 nitrogen and oxygen atoms in total. The van der Waals surface area contributed by atoms with Crippen molar-refractivity contribution in [2.45, 2.75) is 6.42 Å². The molecule has 2 rings (SSSR count). The fraction of sp³-hybridized carbons (Fsp3) is 0.308. The molecule has 0 atom stereocenters. The molecule has 0 spiro atoms. The van der Waals surface area contributed by atoms with Gasteiger partial charge in [0.1, 0.15) is 0 Å². The lowest BCUT2D eigenvalue weighted by atomic mass is 10.2. The largest absolute Gasteiger partial charge is 0.383 e. The second kappa shape index (κ2) is 4.80. The molecule has 1 amide bonds. The molecule has 0 unspecified atom stereocenters. The van der Waals surface area contributed by atoms with E-state index in [4.69, 9.17) is 11.6 Å². The van der Waals surface area contributed by atoms with Gasteiger partial charge in [-0.1, -0.05) is 11.6 Å². The summed E-state index contributed by atoms with van der Waals surface area (Å²) in [6.45, 7) is 0.736. The molecule has 90 valence electrons. The first-order valence-corrected chi connectivity index (χ1v) is 5.90. The van der Waals surface area contributed by atoms with Gasteiger partial charge >= 0.3 is 0 Å². The minimum absolute atomic E-state index is 0.0843. The third-order valence-corrected chi connectivity index (χ3v) is 2.93. The van der Waals surface area contributed by atoms with Crippen molar-refractivity contribution in [1.29, 1.82) is 0 Å². The molecule has 1 saturated heterocycles. The maximum absolute atomic E-state index is 12.1. The molecular formula is C13H15ClN2O. The van der Waals surface area contributed by atoms with Gasteiger partial charge in [-0.05, 0) is 30.7 Å². The van der Waals surface area contributed by atoms with E-state index in [2.05, 4.69) is 0 Å². The Labute approximate surface area is 106 Å². The number of nitrogens with zero attached hydrogens (tertiary/aromatic N) is 2. The Morgan fingerprint density at radius 1 is 1.29 bits per heavy atom. The second-order valence-electron chi connectivity index (χ2n) is 4.30. The Morgan fingerprint density at radius 2 is 1.94 bits per heavy atom. The van der Waals surface area contributed by atoms with E-state index in [1.807, 2.05) is 37.3 Å². The Morgan fingerprint density at radius 3 is 2.53 bits per heavy atom. The number of rotatable bonds is 2. The van der Waals surface area contributed by atoms with Gasteiger partial charge < -0.3 is 9.80 Å². The summed E-state index contributed by atoms with van der Waals surface area (Å²) >= 11 is 5.83. The van der Waals surface area contributed by atoms with Crippen LogP contribution in [0.4, 0.5) is 5.69 Å². The summed E-state index contributed by atoms with van der Waals surface area (Å²) in [6.07, 6.45) is 2.68. The Kier molecular flexibility index (Phi) is 3.38. The molecule has 0 saturated carbocycles. The number of halogens is 1. The summed E-state index contributed by atoms with van der Waals surface area (Å²) < 4.78 is 0. The molecule has 1 fully saturated rings. The van der Waals surface area contributed by atoms with Crippen molar-refractivity contribution >= 4 is 23.2 Å². The van der Waals surface area contributed by atoms with Crippen LogP contribution in [0.25, 0.3) is 0 Å². The third kappa shape index (κ3) is 2.61. The van der Waals surface area contributed by atoms with Gasteiger partial charge in [-0.25, -0.2) is 0 Å². The van der Waals surface area contributed by atoms with Gasteiger partial charge in [0.2, 0.25) is 0 Å². The number of benzene rings is 1. The van der Waals surface area contributed by atoms with Gasteiger partial charge in [0, 0.05) is 43.1 Å². The number of carbonyl (C=O) groups is 1. The van der Waals surface area contributed by atoms with Gasteiger partial charge in [0.15, 0.2) is 0 Å². The van der Waals surface area contributed by atoms with Crippen molar-refractivity contribution in [3.8, 4) is 0 Å². The van der Waals surface area contributed by atoms with Gasteiger partial charge in [-0.15, -0.1) is 0 Å². The lowest BCUT2D eigenvalue weighted by Gasteiger charge is -2.15. The van der Waals surface area contributed by atoms with Crippen LogP contribution in [0.15, 0.2) is 36.0 Å². The van der Waals surface area contributed by atoms with E-state index in [0.29, 0.717) is 5.02 Å². The molecule has 17 heavy (non-hydrogen) atoms. The lowest BCUT2D eigenvalue weighted by molar-refractivity contribution is -0.114. The molecule has 1 aliphatic heterocycles. The number of amides is 1. The van der Waals surface area contributed by atoms with Crippen LogP contribution in [0.5, 0.6) is 0 Å². The van der Waals surface area contributed by atoms with E-state index >= 15 is 0 Å². The van der Waals surface area contributed by atoms with E-state index in [1.54, 1.807) is 17.0 Å². The van der Waals surface area contributed by atoms with Crippen molar-refractivity contribution in [3.05, 3.63) is 41.1 Å². The zero-order valence-corrected chi connectivity index (χ0v) is 10.7. The SMILES string of the molecule is CN(C)/C=C1\CCN(c2ccc(Cl)cc2)C1=O. The Balaban J connectivity index is 2.20. The summed E-state index contributed by atoms with van der Waals surface area (Å²) in [4.78, 5) is 15.8. The highest BCUT2D eigenvalue weighted by Gasteiger charge is 2.27. The first-order valence-electron chi connectivity index (χ1n) is 5.52. The number of hydrogen-bond acceptors (Lipinski definition) is 2. The van der Waals surface area contributed by atoms with E-state index in [-0.39, 0.29) is 5.91 Å². The molecule has 1 aromatic carbocycles. The van der Waals surface area contributed by atoms with Crippen LogP contribution >= 0.6 is 11.6 Å². The standard InChI is InChI=1S/C13H15ClN2O/c1-15(2)9-10-7-8-16(13(10)17)12-5-3-11(14)4-6-12/h3-6,9H,7-8H2,1-2H3/b10-9+. The smallest absolute Gasteiger partial charge is 0.255 e. The molecule has 4 heteroatoms. The highest BCUT2D eigenvalue weighted by Crippen LogP contribution is 2.25. The van der Waals surface area contributed by atoms with Gasteiger partial charge in [0.25, 0.3) is 5.91 Å². The average molecular weight is 251 g/mol. The van der Waals surface area contributed by atoms with Crippen LogP contribution in [0, 0.1) is 0 Å². The first kappa shape index (κ1) is 12.0.